The smallest absolute Gasteiger partial charge is 0.234 e. The number of hydrogen-bond acceptors (Lipinski definition) is 6. The minimum absolute atomic E-state index is 0.0730. The minimum atomic E-state index is -0.0730. The largest absolute Gasteiger partial charge is 0.451 e. The Morgan fingerprint density at radius 3 is 2.83 bits per heavy atom. The third-order valence-electron chi connectivity index (χ3n) is 5.39. The van der Waals surface area contributed by atoms with E-state index in [1.165, 1.54) is 42.2 Å². The SMILES string of the molecule is Cc1cc(NC(=O)CSc2ncnc3c2oc2ccccc23)ccc1N1CCCC1. The number of amides is 1. The van der Waals surface area contributed by atoms with Crippen molar-refractivity contribution in [3.8, 4) is 0 Å². The molecule has 2 aromatic carbocycles. The molecule has 3 heterocycles. The van der Waals surface area contributed by atoms with Crippen molar-refractivity contribution in [2.75, 3.05) is 29.1 Å². The van der Waals surface area contributed by atoms with E-state index in [0.717, 1.165) is 35.3 Å². The molecule has 5 rings (SSSR count). The van der Waals surface area contributed by atoms with Gasteiger partial charge in [-0.2, -0.15) is 0 Å². The van der Waals surface area contributed by atoms with Crippen molar-refractivity contribution in [2.45, 2.75) is 24.8 Å². The fourth-order valence-electron chi connectivity index (χ4n) is 3.98. The first-order valence-electron chi connectivity index (χ1n) is 10.1. The van der Waals surface area contributed by atoms with Gasteiger partial charge >= 0.3 is 0 Å². The van der Waals surface area contributed by atoms with E-state index in [-0.39, 0.29) is 11.7 Å². The molecule has 1 amide bonds. The molecule has 0 atom stereocenters. The zero-order chi connectivity index (χ0) is 20.5. The molecular weight excluding hydrogens is 396 g/mol. The summed E-state index contributed by atoms with van der Waals surface area (Å²) in [5, 5.41) is 4.62. The number of rotatable bonds is 5. The van der Waals surface area contributed by atoms with Gasteiger partial charge in [-0.25, -0.2) is 9.97 Å². The summed E-state index contributed by atoms with van der Waals surface area (Å²) in [6.07, 6.45) is 4.01. The number of thioether (sulfide) groups is 1. The van der Waals surface area contributed by atoms with E-state index in [2.05, 4.69) is 33.2 Å². The Bertz CT molecular complexity index is 1230. The maximum absolute atomic E-state index is 12.5. The Balaban J connectivity index is 1.28. The average molecular weight is 419 g/mol. The van der Waals surface area contributed by atoms with Gasteiger partial charge in [0, 0.05) is 29.9 Å². The van der Waals surface area contributed by atoms with Crippen molar-refractivity contribution in [1.82, 2.24) is 9.97 Å². The molecule has 6 nitrogen and oxygen atoms in total. The zero-order valence-electron chi connectivity index (χ0n) is 16.7. The summed E-state index contributed by atoms with van der Waals surface area (Å²) < 4.78 is 5.93. The number of carbonyl (C=O) groups excluding carboxylic acids is 1. The van der Waals surface area contributed by atoms with E-state index < -0.39 is 0 Å². The zero-order valence-corrected chi connectivity index (χ0v) is 17.5. The lowest BCUT2D eigenvalue weighted by molar-refractivity contribution is -0.113. The Morgan fingerprint density at radius 1 is 1.17 bits per heavy atom. The van der Waals surface area contributed by atoms with E-state index in [4.69, 9.17) is 4.42 Å². The van der Waals surface area contributed by atoms with E-state index in [1.807, 2.05) is 36.4 Å². The standard InChI is InChI=1S/C23H22N4O2S/c1-15-12-16(8-9-18(15)27-10-4-5-11-27)26-20(28)13-30-23-22-21(24-14-25-23)17-6-2-3-7-19(17)29-22/h2-3,6-9,12,14H,4-5,10-11,13H2,1H3,(H,26,28). The second-order valence-electron chi connectivity index (χ2n) is 7.49. The predicted octanol–water partition coefficient (Wildman–Crippen LogP) is 5.02. The van der Waals surface area contributed by atoms with Crippen LogP contribution in [0.4, 0.5) is 11.4 Å². The number of benzene rings is 2. The van der Waals surface area contributed by atoms with Gasteiger partial charge in [-0.05, 0) is 55.7 Å². The summed E-state index contributed by atoms with van der Waals surface area (Å²) in [6, 6.07) is 13.9. The van der Waals surface area contributed by atoms with Gasteiger partial charge in [-0.1, -0.05) is 23.9 Å². The highest BCUT2D eigenvalue weighted by Gasteiger charge is 2.16. The molecule has 0 unspecified atom stereocenters. The number of hydrogen-bond donors (Lipinski definition) is 1. The fraction of sp³-hybridized carbons (Fsp3) is 0.261. The van der Waals surface area contributed by atoms with E-state index in [9.17, 15) is 4.79 Å². The van der Waals surface area contributed by atoms with Crippen molar-refractivity contribution in [2.24, 2.45) is 0 Å². The second-order valence-corrected chi connectivity index (χ2v) is 8.45. The molecule has 1 aliphatic rings. The highest BCUT2D eigenvalue weighted by Crippen LogP contribution is 2.32. The highest BCUT2D eigenvalue weighted by molar-refractivity contribution is 8.00. The molecule has 0 saturated carbocycles. The van der Waals surface area contributed by atoms with E-state index in [1.54, 1.807) is 0 Å². The summed E-state index contributed by atoms with van der Waals surface area (Å²) in [5.41, 5.74) is 5.43. The molecule has 1 saturated heterocycles. The summed E-state index contributed by atoms with van der Waals surface area (Å²) in [4.78, 5) is 23.6. The van der Waals surface area contributed by atoms with Crippen LogP contribution in [0.25, 0.3) is 22.1 Å². The normalized spacial score (nSPS) is 14.0. The number of furan rings is 1. The lowest BCUT2D eigenvalue weighted by Gasteiger charge is -2.20. The van der Waals surface area contributed by atoms with Crippen LogP contribution in [0.3, 0.4) is 0 Å². The van der Waals surface area contributed by atoms with Crippen molar-refractivity contribution in [3.05, 3.63) is 54.4 Å². The molecule has 1 aliphatic heterocycles. The number of para-hydroxylation sites is 1. The topological polar surface area (TPSA) is 71.3 Å². The molecule has 7 heteroatoms. The molecule has 1 fully saturated rings. The Labute approximate surface area is 178 Å². The first-order chi connectivity index (χ1) is 14.7. The Morgan fingerprint density at radius 2 is 2.00 bits per heavy atom. The Kier molecular flexibility index (Phi) is 5.04. The molecule has 0 aliphatic carbocycles. The van der Waals surface area contributed by atoms with E-state index >= 15 is 0 Å². The van der Waals surface area contributed by atoms with Crippen LogP contribution in [0.15, 0.2) is 58.2 Å². The maximum Gasteiger partial charge on any atom is 0.234 e. The molecule has 1 N–H and O–H groups in total. The summed E-state index contributed by atoms with van der Waals surface area (Å²) in [7, 11) is 0. The molecule has 4 aromatic rings. The Hall–Kier alpha value is -3.06. The number of nitrogens with one attached hydrogen (secondary N) is 1. The number of aromatic nitrogens is 2. The van der Waals surface area contributed by atoms with Gasteiger partial charge in [0.05, 0.1) is 5.75 Å². The van der Waals surface area contributed by atoms with Gasteiger partial charge in [0.25, 0.3) is 0 Å². The van der Waals surface area contributed by atoms with Crippen molar-refractivity contribution < 1.29 is 9.21 Å². The van der Waals surface area contributed by atoms with Crippen LogP contribution in [0.5, 0.6) is 0 Å². The van der Waals surface area contributed by atoms with Gasteiger partial charge in [0.2, 0.25) is 5.91 Å². The predicted molar refractivity (Wildman–Crippen MR) is 121 cm³/mol. The van der Waals surface area contributed by atoms with Gasteiger partial charge in [-0.15, -0.1) is 0 Å². The summed E-state index contributed by atoms with van der Waals surface area (Å²) in [5.74, 6) is 0.173. The quantitative estimate of drug-likeness (QED) is 0.363. The third kappa shape index (κ3) is 3.61. The molecule has 2 aromatic heterocycles. The third-order valence-corrected chi connectivity index (χ3v) is 6.36. The highest BCUT2D eigenvalue weighted by atomic mass is 32.2. The minimum Gasteiger partial charge on any atom is -0.451 e. The molecule has 0 radical (unpaired) electrons. The lowest BCUT2D eigenvalue weighted by Crippen LogP contribution is -2.19. The van der Waals surface area contributed by atoms with Crippen LogP contribution in [-0.4, -0.2) is 34.7 Å². The van der Waals surface area contributed by atoms with Crippen LogP contribution in [-0.2, 0) is 4.79 Å². The van der Waals surface area contributed by atoms with Gasteiger partial charge in [0.15, 0.2) is 5.58 Å². The first kappa shape index (κ1) is 18.9. The van der Waals surface area contributed by atoms with Crippen LogP contribution in [0, 0.1) is 6.92 Å². The van der Waals surface area contributed by atoms with Crippen molar-refractivity contribution >= 4 is 51.1 Å². The van der Waals surface area contributed by atoms with Crippen LogP contribution >= 0.6 is 11.8 Å². The second kappa shape index (κ2) is 7.99. The van der Waals surface area contributed by atoms with Gasteiger partial charge in [-0.3, -0.25) is 4.79 Å². The number of fused-ring (bicyclic) bond motifs is 3. The van der Waals surface area contributed by atoms with Gasteiger partial charge < -0.3 is 14.6 Å². The first-order valence-corrected chi connectivity index (χ1v) is 11.1. The summed E-state index contributed by atoms with van der Waals surface area (Å²) >= 11 is 1.36. The molecule has 0 bridgehead atoms. The van der Waals surface area contributed by atoms with Crippen LogP contribution in [0.1, 0.15) is 18.4 Å². The van der Waals surface area contributed by atoms with Crippen LogP contribution < -0.4 is 10.2 Å². The fourth-order valence-corrected chi connectivity index (χ4v) is 4.71. The molecule has 30 heavy (non-hydrogen) atoms. The van der Waals surface area contributed by atoms with E-state index in [0.29, 0.717) is 10.6 Å². The molecule has 152 valence electrons. The lowest BCUT2D eigenvalue weighted by atomic mass is 10.1. The number of carbonyl (C=O) groups is 1. The van der Waals surface area contributed by atoms with Crippen molar-refractivity contribution in [1.29, 1.82) is 0 Å². The number of anilines is 2. The van der Waals surface area contributed by atoms with Gasteiger partial charge in [0.1, 0.15) is 22.5 Å². The average Bonchev–Trinajstić information content (AvgIpc) is 3.40. The molecular formula is C23H22N4O2S. The summed E-state index contributed by atoms with van der Waals surface area (Å²) in [6.45, 7) is 4.31. The number of nitrogens with zero attached hydrogens (tertiary/aromatic N) is 3. The van der Waals surface area contributed by atoms with Crippen molar-refractivity contribution in [3.63, 3.8) is 0 Å². The molecule has 0 spiro atoms. The monoisotopic (exact) mass is 418 g/mol. The van der Waals surface area contributed by atoms with Crippen LogP contribution in [0.2, 0.25) is 0 Å². The number of aryl methyl sites for hydroxylation is 1. The maximum atomic E-state index is 12.5.